The number of nitrogens with zero attached hydrogens (tertiary/aromatic N) is 4. The minimum atomic E-state index is -0.400. The zero-order chi connectivity index (χ0) is 22.8. The number of fused-ring (bicyclic) bond motifs is 1. The molecule has 0 bridgehead atoms. The van der Waals surface area contributed by atoms with Crippen molar-refractivity contribution in [3.63, 3.8) is 0 Å². The molecular weight excluding hydrogens is 476 g/mol. The molecule has 0 aliphatic heterocycles. The Kier molecular flexibility index (Phi) is 5.86. The second-order valence-electron chi connectivity index (χ2n) is 6.79. The molecular formula is C23H14N4O3S3. The number of hydrogen-bond donors (Lipinski definition) is 0. The average Bonchev–Trinajstić information content (AvgIpc) is 3.47. The van der Waals surface area contributed by atoms with Gasteiger partial charge in [-0.2, -0.15) is 9.78 Å². The summed E-state index contributed by atoms with van der Waals surface area (Å²) in [6.45, 7) is 0. The maximum atomic E-state index is 13.4. The maximum absolute atomic E-state index is 13.4. The molecule has 0 fully saturated rings. The first-order chi connectivity index (χ1) is 16.1. The van der Waals surface area contributed by atoms with Gasteiger partial charge in [-0.25, -0.2) is 4.98 Å². The first-order valence-corrected chi connectivity index (χ1v) is 12.2. The molecule has 10 heteroatoms. The summed E-state index contributed by atoms with van der Waals surface area (Å²) < 4.78 is 1.98. The Labute approximate surface area is 199 Å². The molecule has 0 N–H and O–H groups in total. The summed E-state index contributed by atoms with van der Waals surface area (Å²) in [5.74, 6) is 0. The second-order valence-corrected chi connectivity index (χ2v) is 10.1. The Morgan fingerprint density at radius 1 is 1.06 bits per heavy atom. The molecule has 0 saturated carbocycles. The summed E-state index contributed by atoms with van der Waals surface area (Å²) in [6, 6.07) is 19.9. The standard InChI is InChI=1S/C23H14N4O3S3/c28-22-20-19(15-7-2-1-3-8-15)23(32-18-11-5-4-10-17(18)27(29)30)33-21(20)24-14-26(22)25-13-16-9-6-12-31-16/h1-14H/b25-13-. The molecule has 2 aromatic carbocycles. The van der Waals surface area contributed by atoms with Crippen molar-refractivity contribution in [1.29, 1.82) is 0 Å². The van der Waals surface area contributed by atoms with Crippen LogP contribution in [0.5, 0.6) is 0 Å². The van der Waals surface area contributed by atoms with Crippen LogP contribution in [0.15, 0.2) is 97.4 Å². The van der Waals surface area contributed by atoms with E-state index in [0.29, 0.717) is 20.7 Å². The predicted molar refractivity (Wildman–Crippen MR) is 134 cm³/mol. The van der Waals surface area contributed by atoms with Gasteiger partial charge in [0.05, 0.1) is 25.6 Å². The van der Waals surface area contributed by atoms with Crippen molar-refractivity contribution >= 4 is 56.6 Å². The Balaban J connectivity index is 1.69. The van der Waals surface area contributed by atoms with Crippen LogP contribution >= 0.6 is 34.4 Å². The van der Waals surface area contributed by atoms with Gasteiger partial charge in [0.25, 0.3) is 11.2 Å². The maximum Gasteiger partial charge on any atom is 0.283 e. The van der Waals surface area contributed by atoms with Crippen molar-refractivity contribution in [2.45, 2.75) is 9.10 Å². The Morgan fingerprint density at radius 3 is 2.61 bits per heavy atom. The van der Waals surface area contributed by atoms with Crippen molar-refractivity contribution in [3.8, 4) is 11.1 Å². The van der Waals surface area contributed by atoms with E-state index >= 15 is 0 Å². The fourth-order valence-corrected chi connectivity index (χ4v) is 6.32. The molecule has 0 aliphatic carbocycles. The van der Waals surface area contributed by atoms with Gasteiger partial charge in [0.1, 0.15) is 11.2 Å². The third kappa shape index (κ3) is 4.23. The van der Waals surface area contributed by atoms with E-state index in [2.05, 4.69) is 10.1 Å². The van der Waals surface area contributed by atoms with E-state index in [1.807, 2.05) is 47.8 Å². The van der Waals surface area contributed by atoms with E-state index in [1.54, 1.807) is 24.4 Å². The Bertz CT molecular complexity index is 1540. The van der Waals surface area contributed by atoms with Gasteiger partial charge in [0.2, 0.25) is 0 Å². The number of benzene rings is 2. The van der Waals surface area contributed by atoms with E-state index in [1.165, 1.54) is 51.5 Å². The zero-order valence-corrected chi connectivity index (χ0v) is 19.3. The lowest BCUT2D eigenvalue weighted by Gasteiger charge is -2.06. The second kappa shape index (κ2) is 9.10. The topological polar surface area (TPSA) is 90.4 Å². The lowest BCUT2D eigenvalue weighted by Crippen LogP contribution is -2.16. The number of nitro groups is 1. The number of thiophene rings is 2. The van der Waals surface area contributed by atoms with Gasteiger partial charge in [-0.15, -0.1) is 22.7 Å². The summed E-state index contributed by atoms with van der Waals surface area (Å²) >= 11 is 4.13. The smallest absolute Gasteiger partial charge is 0.267 e. The summed E-state index contributed by atoms with van der Waals surface area (Å²) in [6.07, 6.45) is 3.02. The molecule has 33 heavy (non-hydrogen) atoms. The molecule has 0 unspecified atom stereocenters. The number of rotatable bonds is 6. The van der Waals surface area contributed by atoms with Gasteiger partial charge in [-0.1, -0.05) is 60.3 Å². The lowest BCUT2D eigenvalue weighted by molar-refractivity contribution is -0.387. The highest BCUT2D eigenvalue weighted by molar-refractivity contribution is 8.01. The highest BCUT2D eigenvalue weighted by atomic mass is 32.2. The minimum absolute atomic E-state index is 0.0184. The van der Waals surface area contributed by atoms with Gasteiger partial charge in [0.15, 0.2) is 0 Å². The van der Waals surface area contributed by atoms with Crippen LogP contribution < -0.4 is 5.56 Å². The summed E-state index contributed by atoms with van der Waals surface area (Å²) in [7, 11) is 0. The molecule has 5 rings (SSSR count). The minimum Gasteiger partial charge on any atom is -0.267 e. The van der Waals surface area contributed by atoms with Gasteiger partial charge in [0, 0.05) is 16.5 Å². The summed E-state index contributed by atoms with van der Waals surface area (Å²) in [5, 5.41) is 18.2. The molecule has 0 amide bonds. The van der Waals surface area contributed by atoms with Gasteiger partial charge < -0.3 is 0 Å². The predicted octanol–water partition coefficient (Wildman–Crippen LogP) is 6.13. The number of hydrogen-bond acceptors (Lipinski definition) is 8. The van der Waals surface area contributed by atoms with Crippen molar-refractivity contribution < 1.29 is 4.92 Å². The number of nitro benzene ring substituents is 1. The number of para-hydroxylation sites is 1. The van der Waals surface area contributed by atoms with Crippen LogP contribution in [-0.2, 0) is 0 Å². The fourth-order valence-electron chi connectivity index (χ4n) is 3.26. The fraction of sp³-hybridized carbons (Fsp3) is 0. The van der Waals surface area contributed by atoms with Crippen LogP contribution in [0.2, 0.25) is 0 Å². The summed E-state index contributed by atoms with van der Waals surface area (Å²) in [4.78, 5) is 31.0. The Hall–Kier alpha value is -3.60. The van der Waals surface area contributed by atoms with E-state index in [9.17, 15) is 14.9 Å². The van der Waals surface area contributed by atoms with Crippen molar-refractivity contribution in [3.05, 3.63) is 104 Å². The highest BCUT2D eigenvalue weighted by Crippen LogP contribution is 2.46. The normalized spacial score (nSPS) is 11.4. The SMILES string of the molecule is O=c1c2c(-c3ccccc3)c(Sc3ccccc3[N+](=O)[O-])sc2ncn1/N=C\c1cccs1. The van der Waals surface area contributed by atoms with E-state index in [0.717, 1.165) is 14.6 Å². The van der Waals surface area contributed by atoms with Crippen LogP contribution in [0.3, 0.4) is 0 Å². The summed E-state index contributed by atoms with van der Waals surface area (Å²) in [5.41, 5.74) is 1.27. The largest absolute Gasteiger partial charge is 0.283 e. The van der Waals surface area contributed by atoms with E-state index in [4.69, 9.17) is 0 Å². The average molecular weight is 491 g/mol. The quantitative estimate of drug-likeness (QED) is 0.162. The van der Waals surface area contributed by atoms with Crippen LogP contribution in [0, 0.1) is 10.1 Å². The van der Waals surface area contributed by atoms with Gasteiger partial charge >= 0.3 is 0 Å². The van der Waals surface area contributed by atoms with Gasteiger partial charge in [-0.3, -0.25) is 14.9 Å². The van der Waals surface area contributed by atoms with Crippen LogP contribution in [0.25, 0.3) is 21.3 Å². The van der Waals surface area contributed by atoms with Crippen molar-refractivity contribution in [2.24, 2.45) is 5.10 Å². The molecule has 162 valence electrons. The molecule has 0 spiro atoms. The molecule has 5 aromatic rings. The van der Waals surface area contributed by atoms with Crippen LogP contribution in [-0.4, -0.2) is 20.8 Å². The monoisotopic (exact) mass is 490 g/mol. The first-order valence-electron chi connectivity index (χ1n) is 9.70. The molecule has 3 heterocycles. The molecule has 0 saturated heterocycles. The van der Waals surface area contributed by atoms with Crippen LogP contribution in [0.1, 0.15) is 4.88 Å². The van der Waals surface area contributed by atoms with Crippen molar-refractivity contribution in [2.75, 3.05) is 0 Å². The third-order valence-corrected chi connectivity index (χ3v) is 7.90. The lowest BCUT2D eigenvalue weighted by atomic mass is 10.1. The van der Waals surface area contributed by atoms with E-state index in [-0.39, 0.29) is 11.2 Å². The number of aromatic nitrogens is 2. The Morgan fingerprint density at radius 2 is 1.85 bits per heavy atom. The molecule has 0 radical (unpaired) electrons. The molecule has 0 aliphatic rings. The third-order valence-electron chi connectivity index (χ3n) is 4.74. The zero-order valence-electron chi connectivity index (χ0n) is 16.8. The molecule has 0 atom stereocenters. The van der Waals surface area contributed by atoms with E-state index < -0.39 is 4.92 Å². The molecule has 3 aromatic heterocycles. The molecule has 7 nitrogen and oxygen atoms in total. The highest BCUT2D eigenvalue weighted by Gasteiger charge is 2.22. The van der Waals surface area contributed by atoms with Gasteiger partial charge in [-0.05, 0) is 23.1 Å². The van der Waals surface area contributed by atoms with Crippen LogP contribution in [0.4, 0.5) is 5.69 Å². The first kappa shape index (κ1) is 21.3. The van der Waals surface area contributed by atoms with Crippen molar-refractivity contribution in [1.82, 2.24) is 9.66 Å².